The van der Waals surface area contributed by atoms with Gasteiger partial charge in [-0.15, -0.1) is 0 Å². The van der Waals surface area contributed by atoms with Crippen LogP contribution in [0.25, 0.3) is 10.8 Å². The van der Waals surface area contributed by atoms with Crippen LogP contribution in [0.15, 0.2) is 58.4 Å². The molecule has 3 aromatic rings. The van der Waals surface area contributed by atoms with E-state index in [-0.39, 0.29) is 17.1 Å². The number of aromatic amines is 1. The highest BCUT2D eigenvalue weighted by atomic mass is 19.1. The number of H-pyrrole nitrogens is 1. The van der Waals surface area contributed by atoms with Crippen LogP contribution in [0.1, 0.15) is 29.4 Å². The molecule has 0 spiro atoms. The van der Waals surface area contributed by atoms with Crippen LogP contribution in [-0.4, -0.2) is 21.8 Å². The Morgan fingerprint density at radius 3 is 2.52 bits per heavy atom. The maximum atomic E-state index is 13.0. The Bertz CT molecular complexity index is 1010. The third-order valence-corrected chi connectivity index (χ3v) is 3.72. The van der Waals surface area contributed by atoms with Gasteiger partial charge in [-0.05, 0) is 30.2 Å². The van der Waals surface area contributed by atoms with Gasteiger partial charge in [-0.3, -0.25) is 9.59 Å². The van der Waals surface area contributed by atoms with Gasteiger partial charge < -0.3 is 0 Å². The average molecular weight is 338 g/mol. The Hall–Kier alpha value is -3.35. The Kier molecular flexibility index (Phi) is 4.65. The zero-order valence-electron chi connectivity index (χ0n) is 13.4. The molecular weight excluding hydrogens is 323 g/mol. The van der Waals surface area contributed by atoms with Gasteiger partial charge in [0, 0.05) is 5.39 Å². The minimum absolute atomic E-state index is 0.0773. The summed E-state index contributed by atoms with van der Waals surface area (Å²) in [5.41, 5.74) is 3.47. The summed E-state index contributed by atoms with van der Waals surface area (Å²) in [6, 6.07) is 12.6. The standard InChI is InChI=1S/C18H15FN4O2/c1-2-15(11-7-9-12(19)10-8-11)20-23-18(25)16-13-5-3-4-6-14(13)17(24)22-21-16/h3-10H,2H2,1H3,(H,22,24)(H,23,25)/b20-15-. The second-order valence-electron chi connectivity index (χ2n) is 5.31. The minimum atomic E-state index is -0.541. The molecule has 0 atom stereocenters. The number of hydrogen-bond acceptors (Lipinski definition) is 4. The topological polar surface area (TPSA) is 87.2 Å². The first-order valence-electron chi connectivity index (χ1n) is 7.70. The van der Waals surface area contributed by atoms with E-state index in [1.54, 1.807) is 36.4 Å². The Balaban J connectivity index is 1.90. The number of rotatable bonds is 4. The van der Waals surface area contributed by atoms with Gasteiger partial charge in [-0.25, -0.2) is 14.9 Å². The lowest BCUT2D eigenvalue weighted by Gasteiger charge is -2.06. The highest BCUT2D eigenvalue weighted by Crippen LogP contribution is 2.12. The largest absolute Gasteiger partial charge is 0.292 e. The average Bonchev–Trinajstić information content (AvgIpc) is 2.64. The number of nitrogens with one attached hydrogen (secondary N) is 2. The molecule has 7 heteroatoms. The molecule has 0 aliphatic carbocycles. The maximum absolute atomic E-state index is 13.0. The zero-order valence-corrected chi connectivity index (χ0v) is 13.4. The molecule has 2 N–H and O–H groups in total. The van der Waals surface area contributed by atoms with Crippen molar-refractivity contribution < 1.29 is 9.18 Å². The third-order valence-electron chi connectivity index (χ3n) is 3.72. The van der Waals surface area contributed by atoms with Crippen LogP contribution < -0.4 is 11.0 Å². The fourth-order valence-electron chi connectivity index (χ4n) is 2.45. The summed E-state index contributed by atoms with van der Waals surface area (Å²) in [4.78, 5) is 24.2. The summed E-state index contributed by atoms with van der Waals surface area (Å²) in [6.07, 6.45) is 0.547. The second kappa shape index (κ2) is 7.04. The fourth-order valence-corrected chi connectivity index (χ4v) is 2.45. The van der Waals surface area contributed by atoms with Crippen molar-refractivity contribution in [3.8, 4) is 0 Å². The van der Waals surface area contributed by atoms with E-state index < -0.39 is 5.91 Å². The molecule has 3 rings (SSSR count). The quantitative estimate of drug-likeness (QED) is 0.566. The molecule has 126 valence electrons. The van der Waals surface area contributed by atoms with Crippen molar-refractivity contribution in [3.05, 3.63) is 76.0 Å². The van der Waals surface area contributed by atoms with E-state index in [1.807, 2.05) is 6.92 Å². The first-order valence-corrected chi connectivity index (χ1v) is 7.70. The van der Waals surface area contributed by atoms with Gasteiger partial charge in [0.25, 0.3) is 11.5 Å². The number of hydrogen-bond donors (Lipinski definition) is 2. The number of amides is 1. The lowest BCUT2D eigenvalue weighted by atomic mass is 10.1. The van der Waals surface area contributed by atoms with Crippen molar-refractivity contribution >= 4 is 22.4 Å². The minimum Gasteiger partial charge on any atom is -0.267 e. The number of nitrogens with zero attached hydrogens (tertiary/aromatic N) is 2. The van der Waals surface area contributed by atoms with Crippen molar-refractivity contribution in [3.63, 3.8) is 0 Å². The smallest absolute Gasteiger partial charge is 0.267 e. The molecule has 2 aromatic carbocycles. The highest BCUT2D eigenvalue weighted by molar-refractivity contribution is 6.06. The Labute approximate surface area is 142 Å². The summed E-state index contributed by atoms with van der Waals surface area (Å²) in [6.45, 7) is 1.88. The van der Waals surface area contributed by atoms with Crippen LogP contribution in [0, 0.1) is 5.82 Å². The highest BCUT2D eigenvalue weighted by Gasteiger charge is 2.13. The molecule has 0 aliphatic rings. The van der Waals surface area contributed by atoms with Gasteiger partial charge in [0.15, 0.2) is 5.69 Å². The van der Waals surface area contributed by atoms with E-state index in [4.69, 9.17) is 0 Å². The summed E-state index contributed by atoms with van der Waals surface area (Å²) in [7, 11) is 0. The van der Waals surface area contributed by atoms with Crippen LogP contribution in [0.3, 0.4) is 0 Å². The summed E-state index contributed by atoms with van der Waals surface area (Å²) >= 11 is 0. The second-order valence-corrected chi connectivity index (χ2v) is 5.31. The van der Waals surface area contributed by atoms with Gasteiger partial charge in [0.05, 0.1) is 11.1 Å². The number of benzene rings is 2. The van der Waals surface area contributed by atoms with Gasteiger partial charge in [0.1, 0.15) is 5.82 Å². The molecule has 0 fully saturated rings. The van der Waals surface area contributed by atoms with Gasteiger partial charge in [-0.2, -0.15) is 10.2 Å². The molecule has 1 heterocycles. The number of aromatic nitrogens is 2. The van der Waals surface area contributed by atoms with E-state index in [0.717, 1.165) is 0 Å². The normalized spacial score (nSPS) is 11.5. The lowest BCUT2D eigenvalue weighted by molar-refractivity contribution is 0.0950. The van der Waals surface area contributed by atoms with Gasteiger partial charge in [0.2, 0.25) is 0 Å². The van der Waals surface area contributed by atoms with Crippen LogP contribution in [0.2, 0.25) is 0 Å². The van der Waals surface area contributed by atoms with E-state index in [9.17, 15) is 14.0 Å². The molecule has 0 unspecified atom stereocenters. The fraction of sp³-hybridized carbons (Fsp3) is 0.111. The molecule has 0 radical (unpaired) electrons. The lowest BCUT2D eigenvalue weighted by Crippen LogP contribution is -2.24. The zero-order chi connectivity index (χ0) is 17.8. The van der Waals surface area contributed by atoms with E-state index >= 15 is 0 Å². The molecule has 1 amide bonds. The third kappa shape index (κ3) is 3.45. The van der Waals surface area contributed by atoms with Crippen LogP contribution >= 0.6 is 0 Å². The maximum Gasteiger partial charge on any atom is 0.292 e. The molecular formula is C18H15FN4O2. The van der Waals surface area contributed by atoms with Crippen molar-refractivity contribution in [1.82, 2.24) is 15.6 Å². The molecule has 0 saturated heterocycles. The first kappa shape index (κ1) is 16.5. The van der Waals surface area contributed by atoms with E-state index in [0.29, 0.717) is 28.5 Å². The molecule has 0 bridgehead atoms. The van der Waals surface area contributed by atoms with E-state index in [2.05, 4.69) is 20.7 Å². The van der Waals surface area contributed by atoms with Crippen LogP contribution in [0.5, 0.6) is 0 Å². The molecule has 1 aromatic heterocycles. The van der Waals surface area contributed by atoms with Gasteiger partial charge >= 0.3 is 0 Å². The molecule has 25 heavy (non-hydrogen) atoms. The van der Waals surface area contributed by atoms with Crippen molar-refractivity contribution in [1.29, 1.82) is 0 Å². The van der Waals surface area contributed by atoms with Crippen LogP contribution in [-0.2, 0) is 0 Å². The van der Waals surface area contributed by atoms with Crippen LogP contribution in [0.4, 0.5) is 4.39 Å². The number of hydrazone groups is 1. The van der Waals surface area contributed by atoms with Crippen molar-refractivity contribution in [2.45, 2.75) is 13.3 Å². The number of carbonyl (C=O) groups excluding carboxylic acids is 1. The van der Waals surface area contributed by atoms with Gasteiger partial charge in [-0.1, -0.05) is 37.3 Å². The number of carbonyl (C=O) groups is 1. The van der Waals surface area contributed by atoms with Crippen molar-refractivity contribution in [2.24, 2.45) is 5.10 Å². The van der Waals surface area contributed by atoms with E-state index in [1.165, 1.54) is 12.1 Å². The predicted octanol–water partition coefficient (Wildman–Crippen LogP) is 2.61. The molecule has 6 nitrogen and oxygen atoms in total. The molecule has 0 saturated carbocycles. The summed E-state index contributed by atoms with van der Waals surface area (Å²) < 4.78 is 13.0. The summed E-state index contributed by atoms with van der Waals surface area (Å²) in [5.74, 6) is -0.882. The Morgan fingerprint density at radius 2 is 1.84 bits per heavy atom. The van der Waals surface area contributed by atoms with Crippen molar-refractivity contribution in [2.75, 3.05) is 0 Å². The first-order chi connectivity index (χ1) is 12.1. The predicted molar refractivity (Wildman–Crippen MR) is 93.1 cm³/mol. The SMILES string of the molecule is CC/C(=N/NC(=O)c1n[nH]c(=O)c2ccccc12)c1ccc(F)cc1. The molecule has 0 aliphatic heterocycles. The number of fused-ring (bicyclic) bond motifs is 1. The number of halogens is 1. The summed E-state index contributed by atoms with van der Waals surface area (Å²) in [5, 5.41) is 11.1. The monoisotopic (exact) mass is 338 g/mol. The Morgan fingerprint density at radius 1 is 1.16 bits per heavy atom.